The molecular weight excluding hydrogens is 248 g/mol. The first kappa shape index (κ1) is 11.8. The van der Waals surface area contributed by atoms with Crippen molar-refractivity contribution in [2.75, 3.05) is 6.54 Å². The van der Waals surface area contributed by atoms with Crippen LogP contribution in [-0.2, 0) is 17.8 Å². The molecule has 0 fully saturated rings. The van der Waals surface area contributed by atoms with Gasteiger partial charge in [-0.1, -0.05) is 24.3 Å². The molecule has 1 aromatic carbocycles. The molecule has 1 aliphatic heterocycles. The molecule has 1 amide bonds. The van der Waals surface area contributed by atoms with E-state index in [4.69, 9.17) is 0 Å². The highest BCUT2D eigenvalue weighted by Gasteiger charge is 2.37. The van der Waals surface area contributed by atoms with Crippen LogP contribution >= 0.6 is 0 Å². The zero-order valence-corrected chi connectivity index (χ0v) is 11.6. The summed E-state index contributed by atoms with van der Waals surface area (Å²) in [7, 11) is 0. The van der Waals surface area contributed by atoms with E-state index in [-0.39, 0.29) is 12.0 Å². The van der Waals surface area contributed by atoms with Gasteiger partial charge in [0.1, 0.15) is 0 Å². The van der Waals surface area contributed by atoms with Gasteiger partial charge in [-0.05, 0) is 36.6 Å². The van der Waals surface area contributed by atoms with Crippen molar-refractivity contribution in [3.63, 3.8) is 0 Å². The largest absolute Gasteiger partial charge is 0.348 e. The molecule has 2 aliphatic rings. The minimum Gasteiger partial charge on any atom is -0.348 e. The number of fused-ring (bicyclic) bond motifs is 2. The van der Waals surface area contributed by atoms with Gasteiger partial charge in [-0.3, -0.25) is 4.79 Å². The van der Waals surface area contributed by atoms with Gasteiger partial charge in [-0.2, -0.15) is 0 Å². The maximum absolute atomic E-state index is 12.8. The van der Waals surface area contributed by atoms with Crippen LogP contribution in [0, 0.1) is 0 Å². The van der Waals surface area contributed by atoms with Crippen molar-refractivity contribution < 1.29 is 4.79 Å². The predicted molar refractivity (Wildman–Crippen MR) is 77.4 cm³/mol. The Labute approximate surface area is 118 Å². The highest BCUT2D eigenvalue weighted by Crippen LogP contribution is 2.38. The highest BCUT2D eigenvalue weighted by molar-refractivity contribution is 5.87. The van der Waals surface area contributed by atoms with Gasteiger partial charge in [0.2, 0.25) is 5.91 Å². The summed E-state index contributed by atoms with van der Waals surface area (Å²) in [6.45, 7) is 3.86. The molecule has 3 nitrogen and oxygen atoms in total. The van der Waals surface area contributed by atoms with Crippen LogP contribution in [0.2, 0.25) is 0 Å². The van der Waals surface area contributed by atoms with Gasteiger partial charge in [0, 0.05) is 25.0 Å². The third-order valence-corrected chi connectivity index (χ3v) is 4.78. The van der Waals surface area contributed by atoms with Gasteiger partial charge in [-0.15, -0.1) is 0 Å². The van der Waals surface area contributed by atoms with E-state index in [1.165, 1.54) is 16.8 Å². The summed E-state index contributed by atoms with van der Waals surface area (Å²) in [5.74, 6) is 0.374. The molecule has 0 spiro atoms. The van der Waals surface area contributed by atoms with Gasteiger partial charge < -0.3 is 9.47 Å². The van der Waals surface area contributed by atoms with Crippen molar-refractivity contribution in [1.82, 2.24) is 9.47 Å². The number of hydrogen-bond acceptors (Lipinski definition) is 1. The molecule has 0 saturated heterocycles. The van der Waals surface area contributed by atoms with Gasteiger partial charge in [0.25, 0.3) is 0 Å². The number of amides is 1. The Balaban J connectivity index is 1.59. The van der Waals surface area contributed by atoms with E-state index < -0.39 is 0 Å². The van der Waals surface area contributed by atoms with Gasteiger partial charge in [-0.25, -0.2) is 0 Å². The van der Waals surface area contributed by atoms with Crippen LogP contribution in [0.3, 0.4) is 0 Å². The van der Waals surface area contributed by atoms with Crippen molar-refractivity contribution in [2.45, 2.75) is 31.8 Å². The molecule has 4 rings (SSSR count). The van der Waals surface area contributed by atoms with Crippen LogP contribution in [0.4, 0.5) is 0 Å². The molecule has 0 bridgehead atoms. The molecule has 2 unspecified atom stereocenters. The molecule has 2 atom stereocenters. The molecule has 3 heteroatoms. The first-order valence-electron chi connectivity index (χ1n) is 7.29. The summed E-state index contributed by atoms with van der Waals surface area (Å²) in [5.41, 5.74) is 3.81. The lowest BCUT2D eigenvalue weighted by atomic mass is 9.76. The number of hydrogen-bond donors (Lipinski definition) is 0. The Kier molecular flexibility index (Phi) is 2.49. The Bertz CT molecular complexity index is 673. The molecule has 0 N–H and O–H groups in total. The van der Waals surface area contributed by atoms with Crippen molar-refractivity contribution >= 4 is 5.91 Å². The molecule has 2 heterocycles. The van der Waals surface area contributed by atoms with E-state index in [0.717, 1.165) is 19.5 Å². The fourth-order valence-corrected chi connectivity index (χ4v) is 3.56. The normalized spacial score (nSPS) is 23.8. The van der Waals surface area contributed by atoms with E-state index in [2.05, 4.69) is 52.9 Å². The number of benzene rings is 1. The Hall–Kier alpha value is -2.03. The lowest BCUT2D eigenvalue weighted by Crippen LogP contribution is -2.45. The van der Waals surface area contributed by atoms with Gasteiger partial charge in [0.15, 0.2) is 0 Å². The van der Waals surface area contributed by atoms with Crippen LogP contribution in [0.25, 0.3) is 0 Å². The Morgan fingerprint density at radius 2 is 2.00 bits per heavy atom. The second-order valence-corrected chi connectivity index (χ2v) is 5.79. The smallest absolute Gasteiger partial charge is 0.231 e. The third-order valence-electron chi connectivity index (χ3n) is 4.78. The van der Waals surface area contributed by atoms with E-state index in [1.807, 2.05) is 6.07 Å². The Morgan fingerprint density at radius 1 is 1.15 bits per heavy atom. The second-order valence-electron chi connectivity index (χ2n) is 5.79. The quantitative estimate of drug-likeness (QED) is 0.779. The summed E-state index contributed by atoms with van der Waals surface area (Å²) >= 11 is 0. The van der Waals surface area contributed by atoms with Gasteiger partial charge >= 0.3 is 0 Å². The maximum Gasteiger partial charge on any atom is 0.231 e. The van der Waals surface area contributed by atoms with Crippen LogP contribution in [0.1, 0.15) is 35.7 Å². The molecule has 0 radical (unpaired) electrons. The van der Waals surface area contributed by atoms with Crippen molar-refractivity contribution in [3.8, 4) is 0 Å². The molecule has 1 aromatic heterocycles. The first-order chi connectivity index (χ1) is 9.75. The van der Waals surface area contributed by atoms with Crippen LogP contribution in [0.5, 0.6) is 0 Å². The molecule has 2 aromatic rings. The number of aromatic nitrogens is 1. The number of carbonyl (C=O) groups is 1. The molecular formula is C17H18N2O. The number of rotatable bonds is 1. The van der Waals surface area contributed by atoms with Crippen LogP contribution < -0.4 is 0 Å². The first-order valence-corrected chi connectivity index (χ1v) is 7.29. The highest BCUT2D eigenvalue weighted by atomic mass is 16.2. The lowest BCUT2D eigenvalue weighted by Gasteiger charge is -2.40. The van der Waals surface area contributed by atoms with E-state index in [9.17, 15) is 4.79 Å². The van der Waals surface area contributed by atoms with Crippen LogP contribution in [-0.4, -0.2) is 21.9 Å². The molecule has 102 valence electrons. The SMILES string of the molecule is CC1c2cccn2CCN1C(=O)C1Cc2ccccc21. The fourth-order valence-electron chi connectivity index (χ4n) is 3.56. The summed E-state index contributed by atoms with van der Waals surface area (Å²) < 4.78 is 2.25. The van der Waals surface area contributed by atoms with Crippen molar-refractivity contribution in [2.24, 2.45) is 0 Å². The summed E-state index contributed by atoms with van der Waals surface area (Å²) in [6, 6.07) is 12.7. The van der Waals surface area contributed by atoms with Crippen LogP contribution in [0.15, 0.2) is 42.6 Å². The minimum absolute atomic E-state index is 0.0789. The fraction of sp³-hybridized carbons (Fsp3) is 0.353. The van der Waals surface area contributed by atoms with Crippen molar-refractivity contribution in [3.05, 3.63) is 59.4 Å². The van der Waals surface area contributed by atoms with Gasteiger partial charge in [0.05, 0.1) is 12.0 Å². The van der Waals surface area contributed by atoms with Crippen molar-refractivity contribution in [1.29, 1.82) is 0 Å². The zero-order chi connectivity index (χ0) is 13.7. The maximum atomic E-state index is 12.8. The van der Waals surface area contributed by atoms with E-state index in [0.29, 0.717) is 5.91 Å². The summed E-state index contributed by atoms with van der Waals surface area (Å²) in [5, 5.41) is 0. The molecule has 1 aliphatic carbocycles. The molecule has 20 heavy (non-hydrogen) atoms. The lowest BCUT2D eigenvalue weighted by molar-refractivity contribution is -0.136. The monoisotopic (exact) mass is 266 g/mol. The number of nitrogens with zero attached hydrogens (tertiary/aromatic N) is 2. The third kappa shape index (κ3) is 1.56. The number of carbonyl (C=O) groups excluding carboxylic acids is 1. The topological polar surface area (TPSA) is 25.2 Å². The van der Waals surface area contributed by atoms with E-state index in [1.54, 1.807) is 0 Å². The standard InChI is InChI=1S/C17H18N2O/c1-12-16-7-4-8-18(16)9-10-19(12)17(20)15-11-13-5-2-3-6-14(13)15/h2-8,12,15H,9-11H2,1H3. The molecule has 0 saturated carbocycles. The summed E-state index contributed by atoms with van der Waals surface area (Å²) in [6.07, 6.45) is 3.01. The average Bonchev–Trinajstić information content (AvgIpc) is 2.90. The second kappa shape index (κ2) is 4.23. The van der Waals surface area contributed by atoms with E-state index >= 15 is 0 Å². The minimum atomic E-state index is 0.0789. The summed E-state index contributed by atoms with van der Waals surface area (Å²) in [4.78, 5) is 14.9. The predicted octanol–water partition coefficient (Wildman–Crippen LogP) is 2.73. The Morgan fingerprint density at radius 3 is 2.85 bits per heavy atom. The average molecular weight is 266 g/mol. The zero-order valence-electron chi connectivity index (χ0n) is 11.6.